The molecule has 1 aromatic heterocycles. The molecule has 0 bridgehead atoms. The van der Waals surface area contributed by atoms with Gasteiger partial charge >= 0.3 is 6.03 Å². The molecule has 1 aliphatic carbocycles. The van der Waals surface area contributed by atoms with Crippen molar-refractivity contribution < 1.29 is 14.4 Å². The molecule has 2 aromatic carbocycles. The molecular weight excluding hydrogens is 430 g/mol. The zero-order valence-corrected chi connectivity index (χ0v) is 19.1. The van der Waals surface area contributed by atoms with Gasteiger partial charge in [-0.05, 0) is 31.4 Å². The van der Waals surface area contributed by atoms with E-state index in [0.29, 0.717) is 25.2 Å². The van der Waals surface area contributed by atoms with Crippen molar-refractivity contribution in [2.24, 2.45) is 0 Å². The monoisotopic (exact) mass is 457 g/mol. The van der Waals surface area contributed by atoms with Gasteiger partial charge in [0.25, 0.3) is 5.91 Å². The Morgan fingerprint density at radius 2 is 1.82 bits per heavy atom. The van der Waals surface area contributed by atoms with E-state index in [1.165, 1.54) is 0 Å². The van der Waals surface area contributed by atoms with Crippen LogP contribution in [-0.4, -0.2) is 44.6 Å². The van der Waals surface area contributed by atoms with Crippen LogP contribution in [0.1, 0.15) is 36.8 Å². The highest BCUT2D eigenvalue weighted by Crippen LogP contribution is 2.35. The first-order valence-electron chi connectivity index (χ1n) is 11.6. The Balaban J connectivity index is 1.38. The van der Waals surface area contributed by atoms with Gasteiger partial charge in [-0.2, -0.15) is 5.10 Å². The molecule has 2 N–H and O–H groups in total. The molecule has 2 fully saturated rings. The van der Waals surface area contributed by atoms with E-state index < -0.39 is 17.5 Å². The topological polar surface area (TPSA) is 96.3 Å². The summed E-state index contributed by atoms with van der Waals surface area (Å²) in [5, 5.41) is 10.4. The Labute approximate surface area is 197 Å². The van der Waals surface area contributed by atoms with Crippen molar-refractivity contribution in [2.45, 2.75) is 44.7 Å². The molecule has 8 nitrogen and oxygen atoms in total. The van der Waals surface area contributed by atoms with Crippen molar-refractivity contribution in [3.05, 3.63) is 71.8 Å². The van der Waals surface area contributed by atoms with E-state index in [9.17, 15) is 14.4 Å². The summed E-state index contributed by atoms with van der Waals surface area (Å²) >= 11 is 0. The summed E-state index contributed by atoms with van der Waals surface area (Å²) in [7, 11) is 0. The zero-order chi connectivity index (χ0) is 23.7. The van der Waals surface area contributed by atoms with Gasteiger partial charge in [-0.3, -0.25) is 14.5 Å². The van der Waals surface area contributed by atoms with Crippen molar-refractivity contribution in [1.82, 2.24) is 20.0 Å². The molecule has 0 radical (unpaired) electrons. The number of hydrogen-bond acceptors (Lipinski definition) is 4. The molecule has 1 spiro atoms. The fourth-order valence-corrected chi connectivity index (χ4v) is 4.80. The number of amides is 4. The lowest BCUT2D eigenvalue weighted by Gasteiger charge is -2.19. The number of urea groups is 1. The highest BCUT2D eigenvalue weighted by Gasteiger charge is 2.52. The molecule has 1 saturated carbocycles. The number of aryl methyl sites for hydroxylation is 1. The van der Waals surface area contributed by atoms with Crippen LogP contribution in [0.25, 0.3) is 11.3 Å². The Morgan fingerprint density at radius 3 is 2.56 bits per heavy atom. The minimum Gasteiger partial charge on any atom is -0.323 e. The summed E-state index contributed by atoms with van der Waals surface area (Å²) in [4.78, 5) is 39.3. The summed E-state index contributed by atoms with van der Waals surface area (Å²) in [6, 6.07) is 19.2. The van der Waals surface area contributed by atoms with Gasteiger partial charge in [-0.25, -0.2) is 9.48 Å². The fourth-order valence-electron chi connectivity index (χ4n) is 4.80. The van der Waals surface area contributed by atoms with Crippen molar-refractivity contribution in [3.8, 4) is 11.3 Å². The lowest BCUT2D eigenvalue weighted by atomic mass is 9.98. The molecular formula is C26H27N5O3. The highest BCUT2D eigenvalue weighted by atomic mass is 16.2. The van der Waals surface area contributed by atoms with Gasteiger partial charge in [0, 0.05) is 11.6 Å². The third-order valence-electron chi connectivity index (χ3n) is 6.54. The Kier molecular flexibility index (Phi) is 5.65. The van der Waals surface area contributed by atoms with E-state index in [0.717, 1.165) is 40.1 Å². The maximum atomic E-state index is 12.9. The van der Waals surface area contributed by atoms with Gasteiger partial charge in [0.05, 0.1) is 12.2 Å². The van der Waals surface area contributed by atoms with Crippen LogP contribution in [0.3, 0.4) is 0 Å². The van der Waals surface area contributed by atoms with Gasteiger partial charge in [0.2, 0.25) is 5.91 Å². The quantitative estimate of drug-likeness (QED) is 0.552. The average Bonchev–Trinajstić information content (AvgIpc) is 3.51. The summed E-state index contributed by atoms with van der Waals surface area (Å²) in [5.74, 6) is -0.236. The van der Waals surface area contributed by atoms with Crippen LogP contribution in [0.5, 0.6) is 0 Å². The smallest absolute Gasteiger partial charge is 0.323 e. The minimum absolute atomic E-state index is 0.302. The normalized spacial score (nSPS) is 16.8. The van der Waals surface area contributed by atoms with Gasteiger partial charge in [0.15, 0.2) is 0 Å². The van der Waals surface area contributed by atoms with Crippen LogP contribution in [0, 0.1) is 6.92 Å². The lowest BCUT2D eigenvalue weighted by molar-refractivity contribution is -0.133. The Hall–Kier alpha value is -3.94. The predicted molar refractivity (Wildman–Crippen MR) is 128 cm³/mol. The van der Waals surface area contributed by atoms with Gasteiger partial charge in [0.1, 0.15) is 17.9 Å². The van der Waals surface area contributed by atoms with Crippen LogP contribution in [0.4, 0.5) is 10.6 Å². The van der Waals surface area contributed by atoms with Crippen LogP contribution >= 0.6 is 0 Å². The minimum atomic E-state index is -0.829. The first kappa shape index (κ1) is 21.9. The molecule has 0 atom stereocenters. The largest absolute Gasteiger partial charge is 0.325 e. The molecule has 1 aliphatic heterocycles. The number of rotatable bonds is 6. The Morgan fingerprint density at radius 1 is 1.06 bits per heavy atom. The van der Waals surface area contributed by atoms with Crippen LogP contribution in [0.2, 0.25) is 0 Å². The third kappa shape index (κ3) is 4.19. The van der Waals surface area contributed by atoms with E-state index in [2.05, 4.69) is 10.6 Å². The van der Waals surface area contributed by atoms with Crippen LogP contribution < -0.4 is 10.6 Å². The summed E-state index contributed by atoms with van der Waals surface area (Å²) in [5.41, 5.74) is 2.99. The molecule has 2 aliphatic rings. The van der Waals surface area contributed by atoms with Crippen LogP contribution in [0.15, 0.2) is 60.7 Å². The molecule has 34 heavy (non-hydrogen) atoms. The van der Waals surface area contributed by atoms with E-state index >= 15 is 0 Å². The standard InChI is InChI=1S/C26H27N5O3/c1-18-8-7-11-20(14-18)21-15-22(31(29-21)16-19-9-3-2-4-10-19)27-23(32)17-30-24(33)26(28-25(30)34)12-5-6-13-26/h2-4,7-11,14-15H,5-6,12-13,16-17H2,1H3,(H,27,32)(H,28,34). The molecule has 1 saturated heterocycles. The lowest BCUT2D eigenvalue weighted by Crippen LogP contribution is -2.44. The van der Waals surface area contributed by atoms with Crippen molar-refractivity contribution in [1.29, 1.82) is 0 Å². The van der Waals surface area contributed by atoms with E-state index in [1.54, 1.807) is 4.68 Å². The number of imide groups is 1. The molecule has 174 valence electrons. The second-order valence-electron chi connectivity index (χ2n) is 9.09. The number of carbonyl (C=O) groups is 3. The van der Waals surface area contributed by atoms with Gasteiger partial charge in [-0.1, -0.05) is 66.9 Å². The van der Waals surface area contributed by atoms with Gasteiger partial charge < -0.3 is 10.6 Å². The number of nitrogens with zero attached hydrogens (tertiary/aromatic N) is 3. The Bertz CT molecular complexity index is 1240. The predicted octanol–water partition coefficient (Wildman–Crippen LogP) is 3.71. The van der Waals surface area contributed by atoms with Crippen molar-refractivity contribution in [2.75, 3.05) is 11.9 Å². The molecule has 3 aromatic rings. The second-order valence-corrected chi connectivity index (χ2v) is 9.09. The molecule has 0 unspecified atom stereocenters. The maximum absolute atomic E-state index is 12.9. The number of nitrogens with one attached hydrogen (secondary N) is 2. The van der Waals surface area contributed by atoms with Crippen molar-refractivity contribution >= 4 is 23.7 Å². The highest BCUT2D eigenvalue weighted by molar-refractivity contribution is 6.10. The van der Waals surface area contributed by atoms with E-state index in [-0.39, 0.29) is 12.5 Å². The van der Waals surface area contributed by atoms with E-state index in [4.69, 9.17) is 5.10 Å². The number of anilines is 1. The zero-order valence-electron chi connectivity index (χ0n) is 19.1. The first-order valence-corrected chi connectivity index (χ1v) is 11.6. The number of carbonyl (C=O) groups excluding carboxylic acids is 3. The maximum Gasteiger partial charge on any atom is 0.325 e. The number of benzene rings is 2. The SMILES string of the molecule is Cc1cccc(-c2cc(NC(=O)CN3C(=O)NC4(CCCC4)C3=O)n(Cc3ccccc3)n2)c1. The third-order valence-corrected chi connectivity index (χ3v) is 6.54. The van der Waals surface area contributed by atoms with Crippen molar-refractivity contribution in [3.63, 3.8) is 0 Å². The average molecular weight is 458 g/mol. The molecule has 8 heteroatoms. The summed E-state index contributed by atoms with van der Waals surface area (Å²) in [6.07, 6.45) is 3.04. The molecule has 4 amide bonds. The summed E-state index contributed by atoms with van der Waals surface area (Å²) in [6.45, 7) is 2.15. The molecule has 2 heterocycles. The first-order chi connectivity index (χ1) is 16.4. The second kappa shape index (κ2) is 8.78. The number of aromatic nitrogens is 2. The molecule has 5 rings (SSSR count). The van der Waals surface area contributed by atoms with Gasteiger partial charge in [-0.15, -0.1) is 0 Å². The number of hydrogen-bond donors (Lipinski definition) is 2. The fraction of sp³-hybridized carbons (Fsp3) is 0.308. The van der Waals surface area contributed by atoms with Crippen LogP contribution in [-0.2, 0) is 16.1 Å². The summed E-state index contributed by atoms with van der Waals surface area (Å²) < 4.78 is 1.73. The van der Waals surface area contributed by atoms with E-state index in [1.807, 2.05) is 67.6 Å².